The van der Waals surface area contributed by atoms with Crippen LogP contribution in [0.5, 0.6) is 5.75 Å². The lowest BCUT2D eigenvalue weighted by Crippen LogP contribution is -2.47. The maximum atomic E-state index is 6.01. The number of hydrogen-bond acceptors (Lipinski definition) is 4. The molecular weight excluding hydrogens is 358 g/mol. The zero-order chi connectivity index (χ0) is 19.0. The second-order valence-corrected chi connectivity index (χ2v) is 8.68. The van der Waals surface area contributed by atoms with Crippen molar-refractivity contribution in [1.29, 1.82) is 0 Å². The maximum Gasteiger partial charge on any atom is 0.191 e. The van der Waals surface area contributed by atoms with E-state index in [0.29, 0.717) is 6.54 Å². The largest absolute Gasteiger partial charge is 0.493 e. The molecule has 2 aliphatic rings. The van der Waals surface area contributed by atoms with Gasteiger partial charge in [-0.1, -0.05) is 18.2 Å². The Labute approximate surface area is 167 Å². The van der Waals surface area contributed by atoms with Crippen LogP contribution in [0.4, 0.5) is 0 Å². The lowest BCUT2D eigenvalue weighted by molar-refractivity contribution is 0.0783. The first-order valence-electron chi connectivity index (χ1n) is 10.1. The number of rotatable bonds is 9. The van der Waals surface area contributed by atoms with Gasteiger partial charge in [0.2, 0.25) is 0 Å². The van der Waals surface area contributed by atoms with Crippen LogP contribution in [-0.4, -0.2) is 49.9 Å². The number of hydrogen-bond donors (Lipinski definition) is 2. The molecule has 0 aromatic heterocycles. The summed E-state index contributed by atoms with van der Waals surface area (Å²) in [6, 6.07) is 8.25. The lowest BCUT2D eigenvalue weighted by atomic mass is 9.99. The van der Waals surface area contributed by atoms with Crippen LogP contribution in [0.3, 0.4) is 0 Å². The van der Waals surface area contributed by atoms with Crippen molar-refractivity contribution in [2.45, 2.75) is 43.9 Å². The van der Waals surface area contributed by atoms with Gasteiger partial charge in [0.1, 0.15) is 5.75 Å². The van der Waals surface area contributed by atoms with Gasteiger partial charge < -0.3 is 20.1 Å². The third kappa shape index (κ3) is 6.32. The van der Waals surface area contributed by atoms with Crippen molar-refractivity contribution in [2.75, 3.05) is 39.2 Å². The monoisotopic (exact) mass is 391 g/mol. The van der Waals surface area contributed by atoms with Gasteiger partial charge in [-0.25, -0.2) is 4.99 Å². The molecule has 0 radical (unpaired) electrons. The number of para-hydroxylation sites is 1. The van der Waals surface area contributed by atoms with Gasteiger partial charge in [0.15, 0.2) is 5.96 Å². The fraction of sp³-hybridized carbons (Fsp3) is 0.667. The van der Waals surface area contributed by atoms with E-state index in [1.807, 2.05) is 17.8 Å². The third-order valence-corrected chi connectivity index (χ3v) is 6.73. The number of thioether (sulfide) groups is 1. The van der Waals surface area contributed by atoms with Gasteiger partial charge in [-0.3, -0.25) is 0 Å². The van der Waals surface area contributed by atoms with Gasteiger partial charge in [-0.2, -0.15) is 11.8 Å². The Balaban J connectivity index is 1.59. The van der Waals surface area contributed by atoms with Gasteiger partial charge in [-0.15, -0.1) is 0 Å². The summed E-state index contributed by atoms with van der Waals surface area (Å²) in [5, 5.41) is 6.92. The van der Waals surface area contributed by atoms with Crippen molar-refractivity contribution < 1.29 is 9.47 Å². The first-order chi connectivity index (χ1) is 13.2. The van der Waals surface area contributed by atoms with Crippen molar-refractivity contribution in [3.63, 3.8) is 0 Å². The molecule has 3 rings (SSSR count). The second-order valence-electron chi connectivity index (χ2n) is 7.41. The van der Waals surface area contributed by atoms with Gasteiger partial charge in [0.25, 0.3) is 0 Å². The van der Waals surface area contributed by atoms with Crippen LogP contribution >= 0.6 is 11.8 Å². The highest BCUT2D eigenvalue weighted by Crippen LogP contribution is 2.33. The Morgan fingerprint density at radius 2 is 2.04 bits per heavy atom. The molecule has 1 aromatic carbocycles. The van der Waals surface area contributed by atoms with E-state index in [-0.39, 0.29) is 4.75 Å². The topological polar surface area (TPSA) is 54.9 Å². The summed E-state index contributed by atoms with van der Waals surface area (Å²) in [6.45, 7) is 7.00. The standard InChI is InChI=1S/C21H33N3O2S/c1-3-22-20(24-16-21(27-2)10-12-25-13-11-21)23-14-18-6-4-5-7-19(18)26-15-17-8-9-17/h4-7,17H,3,8-16H2,1-2H3,(H2,22,23,24). The lowest BCUT2D eigenvalue weighted by Gasteiger charge is -2.36. The van der Waals surface area contributed by atoms with E-state index >= 15 is 0 Å². The van der Waals surface area contributed by atoms with E-state index in [1.165, 1.54) is 12.8 Å². The molecule has 0 amide bonds. The molecule has 1 aromatic rings. The molecule has 27 heavy (non-hydrogen) atoms. The summed E-state index contributed by atoms with van der Waals surface area (Å²) in [6.07, 6.45) is 6.97. The van der Waals surface area contributed by atoms with Crippen LogP contribution < -0.4 is 15.4 Å². The number of ether oxygens (including phenoxy) is 2. The zero-order valence-electron chi connectivity index (χ0n) is 16.6. The highest BCUT2D eigenvalue weighted by Gasteiger charge is 2.31. The van der Waals surface area contributed by atoms with Crippen molar-refractivity contribution in [1.82, 2.24) is 10.6 Å². The molecule has 1 heterocycles. The molecular formula is C21H33N3O2S. The van der Waals surface area contributed by atoms with Crippen LogP contribution in [0.2, 0.25) is 0 Å². The summed E-state index contributed by atoms with van der Waals surface area (Å²) in [7, 11) is 0. The average molecular weight is 392 g/mol. The van der Waals surface area contributed by atoms with Crippen molar-refractivity contribution in [3.05, 3.63) is 29.8 Å². The first-order valence-corrected chi connectivity index (χ1v) is 11.3. The molecule has 150 valence electrons. The number of aliphatic imine (C=N–C) groups is 1. The third-order valence-electron chi connectivity index (χ3n) is 5.31. The van der Waals surface area contributed by atoms with Gasteiger partial charge in [0.05, 0.1) is 13.2 Å². The molecule has 0 atom stereocenters. The van der Waals surface area contributed by atoms with Gasteiger partial charge >= 0.3 is 0 Å². The van der Waals surface area contributed by atoms with E-state index in [9.17, 15) is 0 Å². The predicted octanol–water partition coefficient (Wildman–Crippen LogP) is 3.44. The van der Waals surface area contributed by atoms with Gasteiger partial charge in [-0.05, 0) is 50.8 Å². The molecule has 0 spiro atoms. The number of nitrogens with zero attached hydrogens (tertiary/aromatic N) is 1. The van der Waals surface area contributed by atoms with E-state index in [2.05, 4.69) is 42.0 Å². The summed E-state index contributed by atoms with van der Waals surface area (Å²) in [5.74, 6) is 2.59. The van der Waals surface area contributed by atoms with Crippen molar-refractivity contribution in [3.8, 4) is 5.75 Å². The molecule has 6 heteroatoms. The quantitative estimate of drug-likeness (QED) is 0.499. The number of nitrogens with one attached hydrogen (secondary N) is 2. The smallest absolute Gasteiger partial charge is 0.191 e. The molecule has 5 nitrogen and oxygen atoms in total. The number of benzene rings is 1. The number of guanidine groups is 1. The summed E-state index contributed by atoms with van der Waals surface area (Å²) in [5.41, 5.74) is 1.14. The SMILES string of the molecule is CCNC(=NCc1ccccc1OCC1CC1)NCC1(SC)CCOCC1. The Kier molecular flexibility index (Phi) is 7.70. The molecule has 2 N–H and O–H groups in total. The molecule has 1 saturated carbocycles. The minimum Gasteiger partial charge on any atom is -0.493 e. The minimum atomic E-state index is 0.236. The Morgan fingerprint density at radius 1 is 1.26 bits per heavy atom. The first kappa shape index (κ1) is 20.3. The fourth-order valence-corrected chi connectivity index (χ4v) is 4.01. The molecule has 0 bridgehead atoms. The second kappa shape index (κ2) is 10.2. The summed E-state index contributed by atoms with van der Waals surface area (Å²) >= 11 is 1.94. The minimum absolute atomic E-state index is 0.236. The van der Waals surface area contributed by atoms with Crippen LogP contribution in [0.1, 0.15) is 38.2 Å². The molecule has 0 unspecified atom stereocenters. The fourth-order valence-electron chi connectivity index (χ4n) is 3.21. The Bertz CT molecular complexity index is 613. The maximum absolute atomic E-state index is 6.01. The van der Waals surface area contributed by atoms with Crippen molar-refractivity contribution >= 4 is 17.7 Å². The highest BCUT2D eigenvalue weighted by atomic mass is 32.2. The van der Waals surface area contributed by atoms with Crippen LogP contribution in [0.15, 0.2) is 29.3 Å². The summed E-state index contributed by atoms with van der Waals surface area (Å²) < 4.78 is 11.8. The highest BCUT2D eigenvalue weighted by molar-refractivity contribution is 8.00. The predicted molar refractivity (Wildman–Crippen MR) is 114 cm³/mol. The molecule has 1 aliphatic carbocycles. The summed E-state index contributed by atoms with van der Waals surface area (Å²) in [4.78, 5) is 4.81. The van der Waals surface area contributed by atoms with Crippen LogP contribution in [0, 0.1) is 5.92 Å². The molecule has 1 saturated heterocycles. The van der Waals surface area contributed by atoms with Crippen LogP contribution in [0.25, 0.3) is 0 Å². The Morgan fingerprint density at radius 3 is 2.74 bits per heavy atom. The van der Waals surface area contributed by atoms with Crippen LogP contribution in [-0.2, 0) is 11.3 Å². The normalized spacial score (nSPS) is 19.6. The zero-order valence-corrected chi connectivity index (χ0v) is 17.4. The van der Waals surface area contributed by atoms with E-state index in [0.717, 1.165) is 68.9 Å². The van der Waals surface area contributed by atoms with E-state index in [1.54, 1.807) is 0 Å². The molecule has 1 aliphatic heterocycles. The van der Waals surface area contributed by atoms with E-state index < -0.39 is 0 Å². The van der Waals surface area contributed by atoms with E-state index in [4.69, 9.17) is 14.5 Å². The average Bonchev–Trinajstić information content (AvgIpc) is 3.54. The van der Waals surface area contributed by atoms with Gasteiger partial charge in [0, 0.05) is 36.6 Å². The Hall–Kier alpha value is -1.40. The van der Waals surface area contributed by atoms with Crippen molar-refractivity contribution in [2.24, 2.45) is 10.9 Å². The molecule has 2 fully saturated rings.